The standard InChI is InChI=1S/C22H35N3O2S/c1-4-7-8-9-10-11-20(26)24-22(28)23-19-14-12-18(13-15-19)21(27)25(16-5-2)17-6-3/h12-15H,4-11,16-17H2,1-3H3,(H2,23,24,26,28). The Morgan fingerprint density at radius 2 is 1.50 bits per heavy atom. The molecule has 156 valence electrons. The van der Waals surface area contributed by atoms with E-state index in [1.165, 1.54) is 19.3 Å². The number of rotatable bonds is 12. The van der Waals surface area contributed by atoms with Crippen molar-refractivity contribution < 1.29 is 9.59 Å². The molecule has 0 aliphatic heterocycles. The predicted octanol–water partition coefficient (Wildman–Crippen LogP) is 5.12. The number of hydrogen-bond donors (Lipinski definition) is 2. The summed E-state index contributed by atoms with van der Waals surface area (Å²) in [5.74, 6) is -0.00947. The van der Waals surface area contributed by atoms with E-state index in [1.807, 2.05) is 17.0 Å². The van der Waals surface area contributed by atoms with Crippen molar-refractivity contribution in [1.82, 2.24) is 10.2 Å². The van der Waals surface area contributed by atoms with Crippen molar-refractivity contribution in [3.05, 3.63) is 29.8 Å². The van der Waals surface area contributed by atoms with Crippen LogP contribution < -0.4 is 10.6 Å². The normalized spacial score (nSPS) is 10.4. The second-order valence-corrected chi connectivity index (χ2v) is 7.44. The van der Waals surface area contributed by atoms with E-state index < -0.39 is 0 Å². The van der Waals surface area contributed by atoms with E-state index in [1.54, 1.807) is 12.1 Å². The lowest BCUT2D eigenvalue weighted by atomic mass is 10.1. The maximum absolute atomic E-state index is 12.6. The Kier molecular flexibility index (Phi) is 12.1. The van der Waals surface area contributed by atoms with Crippen molar-refractivity contribution in [3.8, 4) is 0 Å². The number of carbonyl (C=O) groups excluding carboxylic acids is 2. The van der Waals surface area contributed by atoms with Crippen LogP contribution in [0.4, 0.5) is 5.69 Å². The van der Waals surface area contributed by atoms with Gasteiger partial charge in [0.05, 0.1) is 0 Å². The van der Waals surface area contributed by atoms with E-state index in [-0.39, 0.29) is 16.9 Å². The highest BCUT2D eigenvalue weighted by molar-refractivity contribution is 7.80. The number of amides is 2. The average molecular weight is 406 g/mol. The zero-order valence-corrected chi connectivity index (χ0v) is 18.4. The fourth-order valence-electron chi connectivity index (χ4n) is 2.97. The molecule has 2 N–H and O–H groups in total. The average Bonchev–Trinajstić information content (AvgIpc) is 2.67. The van der Waals surface area contributed by atoms with E-state index in [9.17, 15) is 9.59 Å². The number of benzene rings is 1. The van der Waals surface area contributed by atoms with Gasteiger partial charge in [-0.15, -0.1) is 0 Å². The summed E-state index contributed by atoms with van der Waals surface area (Å²) in [7, 11) is 0. The Bertz CT molecular complexity index is 611. The van der Waals surface area contributed by atoms with Crippen LogP contribution in [0.2, 0.25) is 0 Å². The first-order valence-electron chi connectivity index (χ1n) is 10.5. The SMILES string of the molecule is CCCCCCCC(=O)NC(=S)Nc1ccc(C(=O)N(CCC)CCC)cc1. The molecule has 0 saturated heterocycles. The maximum atomic E-state index is 12.6. The lowest BCUT2D eigenvalue weighted by Crippen LogP contribution is -2.34. The summed E-state index contributed by atoms with van der Waals surface area (Å²) in [4.78, 5) is 26.4. The molecule has 0 aliphatic rings. The van der Waals surface area contributed by atoms with E-state index in [2.05, 4.69) is 31.4 Å². The number of thiocarbonyl (C=S) groups is 1. The molecule has 0 heterocycles. The fourth-order valence-corrected chi connectivity index (χ4v) is 3.21. The molecule has 0 bridgehead atoms. The predicted molar refractivity (Wildman–Crippen MR) is 121 cm³/mol. The Morgan fingerprint density at radius 1 is 0.893 bits per heavy atom. The zero-order valence-electron chi connectivity index (χ0n) is 17.6. The van der Waals surface area contributed by atoms with Gasteiger partial charge >= 0.3 is 0 Å². The smallest absolute Gasteiger partial charge is 0.253 e. The topological polar surface area (TPSA) is 61.4 Å². The molecule has 0 aromatic heterocycles. The molecule has 0 spiro atoms. The van der Waals surface area contributed by atoms with Gasteiger partial charge < -0.3 is 15.5 Å². The highest BCUT2D eigenvalue weighted by Gasteiger charge is 2.14. The van der Waals surface area contributed by atoms with Crippen LogP contribution in [-0.2, 0) is 4.79 Å². The van der Waals surface area contributed by atoms with Crippen LogP contribution in [0.5, 0.6) is 0 Å². The molecular formula is C22H35N3O2S. The van der Waals surface area contributed by atoms with Crippen LogP contribution in [0.25, 0.3) is 0 Å². The van der Waals surface area contributed by atoms with Gasteiger partial charge in [-0.1, -0.05) is 46.5 Å². The van der Waals surface area contributed by atoms with Crippen molar-refractivity contribution in [1.29, 1.82) is 0 Å². The van der Waals surface area contributed by atoms with Crippen LogP contribution in [-0.4, -0.2) is 34.9 Å². The Hall–Kier alpha value is -1.95. The number of hydrogen-bond acceptors (Lipinski definition) is 3. The molecule has 1 rings (SSSR count). The molecule has 2 amide bonds. The molecule has 28 heavy (non-hydrogen) atoms. The summed E-state index contributed by atoms with van der Waals surface area (Å²) in [5, 5.41) is 6.01. The third kappa shape index (κ3) is 9.31. The molecule has 5 nitrogen and oxygen atoms in total. The molecule has 1 aromatic carbocycles. The number of nitrogens with zero attached hydrogens (tertiary/aromatic N) is 1. The third-order valence-corrected chi connectivity index (χ3v) is 4.63. The van der Waals surface area contributed by atoms with Crippen molar-refractivity contribution in [2.24, 2.45) is 0 Å². The molecule has 0 radical (unpaired) electrons. The third-order valence-electron chi connectivity index (χ3n) is 4.42. The maximum Gasteiger partial charge on any atom is 0.253 e. The summed E-state index contributed by atoms with van der Waals surface area (Å²) in [6.45, 7) is 7.85. The quantitative estimate of drug-likeness (QED) is 0.374. The van der Waals surface area contributed by atoms with E-state index in [4.69, 9.17) is 12.2 Å². The fraction of sp³-hybridized carbons (Fsp3) is 0.591. The van der Waals surface area contributed by atoms with Crippen LogP contribution in [0.1, 0.15) is 82.5 Å². The van der Waals surface area contributed by atoms with Gasteiger partial charge in [0.1, 0.15) is 0 Å². The van der Waals surface area contributed by atoms with Crippen molar-refractivity contribution >= 4 is 34.8 Å². The van der Waals surface area contributed by atoms with Gasteiger partial charge in [-0.2, -0.15) is 0 Å². The number of carbonyl (C=O) groups is 2. The first kappa shape index (κ1) is 24.1. The summed E-state index contributed by atoms with van der Waals surface area (Å²) < 4.78 is 0. The largest absolute Gasteiger partial charge is 0.339 e. The van der Waals surface area contributed by atoms with E-state index in [0.717, 1.165) is 44.5 Å². The van der Waals surface area contributed by atoms with Gasteiger partial charge in [0.2, 0.25) is 5.91 Å². The Balaban J connectivity index is 2.47. The van der Waals surface area contributed by atoms with Crippen LogP contribution in [0.3, 0.4) is 0 Å². The summed E-state index contributed by atoms with van der Waals surface area (Å²) >= 11 is 5.21. The zero-order chi connectivity index (χ0) is 20.8. The number of unbranched alkanes of at least 4 members (excludes halogenated alkanes) is 4. The van der Waals surface area contributed by atoms with Crippen molar-refractivity contribution in [3.63, 3.8) is 0 Å². The molecular weight excluding hydrogens is 370 g/mol. The van der Waals surface area contributed by atoms with Crippen molar-refractivity contribution in [2.45, 2.75) is 72.1 Å². The van der Waals surface area contributed by atoms with Gasteiger partial charge in [0.25, 0.3) is 5.91 Å². The molecule has 0 fully saturated rings. The Labute approximate surface area is 175 Å². The molecule has 6 heteroatoms. The Morgan fingerprint density at radius 3 is 2.07 bits per heavy atom. The van der Waals surface area contributed by atoms with Gasteiger partial charge in [-0.05, 0) is 55.7 Å². The summed E-state index contributed by atoms with van der Waals surface area (Å²) in [6, 6.07) is 7.21. The van der Waals surface area contributed by atoms with Gasteiger partial charge in [0, 0.05) is 30.8 Å². The summed E-state index contributed by atoms with van der Waals surface area (Å²) in [5.41, 5.74) is 1.41. The van der Waals surface area contributed by atoms with Gasteiger partial charge in [-0.25, -0.2) is 0 Å². The molecule has 1 aromatic rings. The monoisotopic (exact) mass is 405 g/mol. The summed E-state index contributed by atoms with van der Waals surface area (Å²) in [6.07, 6.45) is 7.92. The first-order chi connectivity index (χ1) is 13.5. The molecule has 0 atom stereocenters. The van der Waals surface area contributed by atoms with Crippen LogP contribution >= 0.6 is 12.2 Å². The van der Waals surface area contributed by atoms with Gasteiger partial charge in [0.15, 0.2) is 5.11 Å². The second-order valence-electron chi connectivity index (χ2n) is 7.04. The highest BCUT2D eigenvalue weighted by Crippen LogP contribution is 2.12. The van der Waals surface area contributed by atoms with Gasteiger partial charge in [-0.3, -0.25) is 9.59 Å². The molecule has 0 saturated carbocycles. The number of nitrogens with one attached hydrogen (secondary N) is 2. The minimum Gasteiger partial charge on any atom is -0.339 e. The second kappa shape index (κ2) is 14.1. The lowest BCUT2D eigenvalue weighted by Gasteiger charge is -2.21. The molecule has 0 aliphatic carbocycles. The number of anilines is 1. The molecule has 0 unspecified atom stereocenters. The van der Waals surface area contributed by atoms with E-state index >= 15 is 0 Å². The minimum atomic E-state index is -0.0597. The van der Waals surface area contributed by atoms with Crippen LogP contribution in [0.15, 0.2) is 24.3 Å². The van der Waals surface area contributed by atoms with Crippen molar-refractivity contribution in [2.75, 3.05) is 18.4 Å². The lowest BCUT2D eigenvalue weighted by molar-refractivity contribution is -0.119. The highest BCUT2D eigenvalue weighted by atomic mass is 32.1. The van der Waals surface area contributed by atoms with E-state index in [0.29, 0.717) is 12.0 Å². The van der Waals surface area contributed by atoms with Crippen LogP contribution in [0, 0.1) is 0 Å². The first-order valence-corrected chi connectivity index (χ1v) is 10.9. The minimum absolute atomic E-state index is 0.0502.